The highest BCUT2D eigenvalue weighted by atomic mass is 32.2. The number of phenolic OH excluding ortho intramolecular Hbond substituents is 2. The van der Waals surface area contributed by atoms with Gasteiger partial charge in [0.1, 0.15) is 17.3 Å². The van der Waals surface area contributed by atoms with Crippen molar-refractivity contribution < 1.29 is 29.2 Å². The molecule has 0 saturated carbocycles. The molecule has 1 aliphatic heterocycles. The number of aliphatic imine (C=N–C) groups is 1. The Morgan fingerprint density at radius 1 is 0.939 bits per heavy atom. The molecular weight excluding hydrogens is 639 g/mol. The molecule has 1 heterocycles. The summed E-state index contributed by atoms with van der Waals surface area (Å²) in [5, 5.41) is 33.1. The molecule has 0 radical (unpaired) electrons. The fourth-order valence-electron chi connectivity index (χ4n) is 8.02. The fourth-order valence-corrected chi connectivity index (χ4v) is 9.03. The van der Waals surface area contributed by atoms with E-state index < -0.39 is 0 Å². The first-order valence-electron chi connectivity index (χ1n) is 17.1. The van der Waals surface area contributed by atoms with E-state index in [1.807, 2.05) is 6.92 Å². The van der Waals surface area contributed by atoms with Crippen molar-refractivity contribution in [2.24, 2.45) is 9.98 Å². The Morgan fingerprint density at radius 3 is 2.39 bits per heavy atom. The van der Waals surface area contributed by atoms with Crippen molar-refractivity contribution in [3.8, 4) is 23.0 Å². The smallest absolute Gasteiger partial charge is 0.194 e. The molecule has 1 atom stereocenters. The molecular formula is C39H43N3O6S. The SMILES string of the molecule is CCCC/N=C(\C)C1C(C)=Cc2c(NCCCC)c(O)c3c4c(c(OC)c5c6c7c(c(O)c(OC)c1c7c2c53)C(=O)C=C6OC)SCCN=4. The number of carbonyl (C=O) groups is 1. The second-order valence-electron chi connectivity index (χ2n) is 12.9. The zero-order valence-electron chi connectivity index (χ0n) is 29.2. The number of ether oxygens (including phenoxy) is 3. The number of nitrogens with zero attached hydrogens (tertiary/aromatic N) is 2. The number of unbranched alkanes of at least 4 members (excludes halogenated alkanes) is 2. The number of ketones is 1. The maximum Gasteiger partial charge on any atom is 0.194 e. The molecule has 2 aliphatic carbocycles. The Hall–Kier alpha value is -4.44. The molecule has 10 heteroatoms. The summed E-state index contributed by atoms with van der Waals surface area (Å²) in [5.41, 5.74) is 4.76. The number of rotatable bonds is 11. The summed E-state index contributed by atoms with van der Waals surface area (Å²) < 4.78 is 18.3. The van der Waals surface area contributed by atoms with Gasteiger partial charge in [0.2, 0.25) is 0 Å². The standard InChI is InChI=1S/C39H43N3O6S/c1-8-10-12-40-19(4)23-18(3)16-20-24-27-29-25(36(45)37(47-6)30(23)27)21(43)17-22(46-5)26(29)31-28(24)32(35(44)33(20)41-13-11-9-2)34-39(38(31)48-7)49-15-14-42-34/h16-17,23,41,44-45H,8-15H2,1-7H3/b40-19+. The topological polar surface area (TPSA) is 122 Å². The number of thioether (sulfide) groups is 1. The Kier molecular flexibility index (Phi) is 8.63. The van der Waals surface area contributed by atoms with Gasteiger partial charge < -0.3 is 29.7 Å². The molecule has 9 nitrogen and oxygen atoms in total. The lowest BCUT2D eigenvalue weighted by Crippen LogP contribution is -2.19. The van der Waals surface area contributed by atoms with Gasteiger partial charge in [0.05, 0.1) is 48.2 Å². The van der Waals surface area contributed by atoms with Gasteiger partial charge >= 0.3 is 0 Å². The van der Waals surface area contributed by atoms with Crippen molar-refractivity contribution in [3.63, 3.8) is 0 Å². The maximum absolute atomic E-state index is 14.0. The third-order valence-corrected chi connectivity index (χ3v) is 11.1. The van der Waals surface area contributed by atoms with Crippen molar-refractivity contribution in [2.45, 2.75) is 64.2 Å². The number of carbonyl (C=O) groups excluding carboxylic acids is 1. The minimum atomic E-state index is -0.388. The number of benzene rings is 4. The molecule has 0 amide bonds. The van der Waals surface area contributed by atoms with E-state index in [2.05, 4.69) is 32.2 Å². The summed E-state index contributed by atoms with van der Waals surface area (Å²) in [7, 11) is 4.71. The second-order valence-corrected chi connectivity index (χ2v) is 14.0. The van der Waals surface area contributed by atoms with Crippen LogP contribution in [0.15, 0.2) is 26.5 Å². The van der Waals surface area contributed by atoms with Gasteiger partial charge in [-0.2, -0.15) is 0 Å². The molecule has 0 spiro atoms. The van der Waals surface area contributed by atoms with Gasteiger partial charge in [-0.05, 0) is 32.1 Å². The molecule has 4 aromatic carbocycles. The zero-order chi connectivity index (χ0) is 34.7. The number of allylic oxidation sites excluding steroid dienone is 2. The summed E-state index contributed by atoms with van der Waals surface area (Å²) in [5.74, 6) is 1.10. The monoisotopic (exact) mass is 681 g/mol. The molecule has 7 rings (SSSR count). The van der Waals surface area contributed by atoms with Gasteiger partial charge in [-0.1, -0.05) is 38.3 Å². The number of fused-ring (bicyclic) bond motifs is 3. The lowest BCUT2D eigenvalue weighted by Gasteiger charge is -2.30. The number of phenols is 2. The van der Waals surface area contributed by atoms with Crippen molar-refractivity contribution in [1.29, 1.82) is 0 Å². The molecule has 1 unspecified atom stereocenters. The van der Waals surface area contributed by atoms with Crippen LogP contribution < -0.4 is 20.1 Å². The molecule has 4 aromatic rings. The summed E-state index contributed by atoms with van der Waals surface area (Å²) >= 11 is 1.64. The number of hydrogen-bond donors (Lipinski definition) is 3. The van der Waals surface area contributed by atoms with Crippen LogP contribution in [0, 0.1) is 0 Å². The number of methoxy groups -OCH3 is 3. The van der Waals surface area contributed by atoms with Crippen LogP contribution >= 0.6 is 11.8 Å². The quantitative estimate of drug-likeness (QED) is 0.0477. The average molecular weight is 682 g/mol. The predicted octanol–water partition coefficient (Wildman–Crippen LogP) is 8.18. The highest BCUT2D eigenvalue weighted by Crippen LogP contribution is 2.59. The minimum Gasteiger partial charge on any atom is -0.505 e. The van der Waals surface area contributed by atoms with Crippen LogP contribution in [-0.2, 0) is 4.74 Å². The summed E-state index contributed by atoms with van der Waals surface area (Å²) in [6.45, 7) is 10.3. The third-order valence-electron chi connectivity index (χ3n) is 10.1. The van der Waals surface area contributed by atoms with Gasteiger partial charge in [0, 0.05) is 81.3 Å². The minimum absolute atomic E-state index is 0.124. The van der Waals surface area contributed by atoms with Gasteiger partial charge in [-0.15, -0.1) is 11.8 Å². The van der Waals surface area contributed by atoms with Crippen LogP contribution in [0.2, 0.25) is 0 Å². The van der Waals surface area contributed by atoms with E-state index in [0.29, 0.717) is 63.9 Å². The van der Waals surface area contributed by atoms with Crippen LogP contribution in [0.1, 0.15) is 86.3 Å². The van der Waals surface area contributed by atoms with Crippen LogP contribution in [-0.4, -0.2) is 68.4 Å². The number of hydrogen-bond acceptors (Lipinski definition) is 10. The Morgan fingerprint density at radius 2 is 1.69 bits per heavy atom. The van der Waals surface area contributed by atoms with Gasteiger partial charge in [0.15, 0.2) is 17.3 Å². The van der Waals surface area contributed by atoms with E-state index in [1.165, 1.54) is 13.2 Å². The zero-order valence-corrected chi connectivity index (χ0v) is 30.0. The van der Waals surface area contributed by atoms with Gasteiger partial charge in [0.25, 0.3) is 0 Å². The second kappa shape index (κ2) is 12.8. The summed E-state index contributed by atoms with van der Waals surface area (Å²) in [6.07, 6.45) is 7.40. The number of aromatic hydroxyl groups is 2. The number of nitrogens with one attached hydrogen (secondary N) is 1. The first-order chi connectivity index (χ1) is 23.7. The molecule has 0 bridgehead atoms. The molecule has 49 heavy (non-hydrogen) atoms. The summed E-state index contributed by atoms with van der Waals surface area (Å²) in [6, 6.07) is 0. The fraction of sp³-hybridized carbons (Fsp3) is 0.410. The van der Waals surface area contributed by atoms with Crippen LogP contribution in [0.5, 0.6) is 23.0 Å². The Labute approximate surface area is 290 Å². The van der Waals surface area contributed by atoms with E-state index in [-0.39, 0.29) is 34.5 Å². The van der Waals surface area contributed by atoms with E-state index in [9.17, 15) is 15.0 Å². The highest BCUT2D eigenvalue weighted by molar-refractivity contribution is 7.99. The highest BCUT2D eigenvalue weighted by Gasteiger charge is 2.40. The molecule has 0 fully saturated rings. The molecule has 3 aliphatic rings. The molecule has 0 aromatic heterocycles. The predicted molar refractivity (Wildman–Crippen MR) is 200 cm³/mol. The first kappa shape index (κ1) is 33.1. The van der Waals surface area contributed by atoms with Crippen molar-refractivity contribution >= 4 is 73.1 Å². The largest absolute Gasteiger partial charge is 0.505 e. The number of anilines is 1. The molecule has 256 valence electrons. The van der Waals surface area contributed by atoms with Crippen molar-refractivity contribution in [2.75, 3.05) is 52.0 Å². The van der Waals surface area contributed by atoms with Crippen LogP contribution in [0.3, 0.4) is 0 Å². The normalized spacial score (nSPS) is 16.8. The van der Waals surface area contributed by atoms with Crippen LogP contribution in [0.4, 0.5) is 5.69 Å². The first-order valence-corrected chi connectivity index (χ1v) is 18.1. The lowest BCUT2D eigenvalue weighted by atomic mass is 9.77. The lowest BCUT2D eigenvalue weighted by molar-refractivity contribution is 0.104. The van der Waals surface area contributed by atoms with E-state index in [1.54, 1.807) is 26.0 Å². The van der Waals surface area contributed by atoms with Crippen molar-refractivity contribution in [1.82, 2.24) is 0 Å². The van der Waals surface area contributed by atoms with E-state index >= 15 is 0 Å². The third kappa shape index (κ3) is 4.70. The average Bonchev–Trinajstić information content (AvgIpc) is 3.22. The summed E-state index contributed by atoms with van der Waals surface area (Å²) in [4.78, 5) is 24.9. The van der Waals surface area contributed by atoms with E-state index in [0.717, 1.165) is 74.9 Å². The Bertz CT molecular complexity index is 2240. The van der Waals surface area contributed by atoms with Gasteiger partial charge in [-0.3, -0.25) is 14.8 Å². The van der Waals surface area contributed by atoms with Crippen LogP contribution in [0.25, 0.3) is 44.2 Å². The van der Waals surface area contributed by atoms with Crippen molar-refractivity contribution in [3.05, 3.63) is 39.3 Å². The molecule has 3 N–H and O–H groups in total. The maximum atomic E-state index is 14.0. The Balaban J connectivity index is 1.86. The van der Waals surface area contributed by atoms with Gasteiger partial charge in [-0.25, -0.2) is 0 Å². The van der Waals surface area contributed by atoms with E-state index in [4.69, 9.17) is 24.2 Å². The molecule has 0 saturated heterocycles.